The number of hydrogen-bond donors (Lipinski definition) is 0. The highest BCUT2D eigenvalue weighted by molar-refractivity contribution is 7.62. The van der Waals surface area contributed by atoms with Gasteiger partial charge in [0.1, 0.15) is 23.0 Å². The van der Waals surface area contributed by atoms with Crippen molar-refractivity contribution in [3.63, 3.8) is 0 Å². The summed E-state index contributed by atoms with van der Waals surface area (Å²) in [4.78, 5) is 0. The van der Waals surface area contributed by atoms with E-state index in [9.17, 15) is 9.13 Å². The van der Waals surface area contributed by atoms with E-state index < -0.39 is 15.6 Å². The van der Waals surface area contributed by atoms with Crippen LogP contribution >= 0.6 is 15.6 Å². The summed E-state index contributed by atoms with van der Waals surface area (Å²) in [5, 5.41) is 0. The van der Waals surface area contributed by atoms with E-state index in [4.69, 9.17) is 22.4 Å². The van der Waals surface area contributed by atoms with Crippen LogP contribution in [-0.4, -0.2) is 0 Å². The third-order valence-corrected chi connectivity index (χ3v) is 5.78. The molecule has 0 radical (unpaired) electrons. The minimum Gasteiger partial charge on any atom is -0.396 e. The van der Waals surface area contributed by atoms with Crippen molar-refractivity contribution in [2.75, 3.05) is 0 Å². The fourth-order valence-electron chi connectivity index (χ4n) is 1.15. The van der Waals surface area contributed by atoms with Crippen LogP contribution in [-0.2, 0) is 31.5 Å². The lowest BCUT2D eigenvalue weighted by Crippen LogP contribution is -1.91. The van der Waals surface area contributed by atoms with Gasteiger partial charge in [-0.3, -0.25) is 0 Å². The SMILES string of the molecule is CC1=C(C)OP(=O)(OP2(=O)OC(C)=C(C)O2)O1. The highest BCUT2D eigenvalue weighted by Gasteiger charge is 2.51. The number of hydrogen-bond acceptors (Lipinski definition) is 7. The molecule has 0 unspecified atom stereocenters. The van der Waals surface area contributed by atoms with Gasteiger partial charge >= 0.3 is 15.6 Å². The van der Waals surface area contributed by atoms with Crippen LogP contribution < -0.4 is 0 Å². The van der Waals surface area contributed by atoms with Gasteiger partial charge in [-0.25, -0.2) is 9.13 Å². The lowest BCUT2D eigenvalue weighted by Gasteiger charge is -2.14. The van der Waals surface area contributed by atoms with E-state index >= 15 is 0 Å². The molecule has 0 aliphatic carbocycles. The van der Waals surface area contributed by atoms with Crippen molar-refractivity contribution in [2.24, 2.45) is 0 Å². The monoisotopic (exact) mass is 282 g/mol. The second kappa shape index (κ2) is 3.80. The molecule has 9 heteroatoms. The third kappa shape index (κ3) is 2.37. The molecule has 0 fully saturated rings. The summed E-state index contributed by atoms with van der Waals surface area (Å²) in [7, 11) is -7.93. The Kier molecular flexibility index (Phi) is 2.81. The Labute approximate surface area is 98.6 Å². The molecule has 7 nitrogen and oxygen atoms in total. The predicted octanol–water partition coefficient (Wildman–Crippen LogP) is 3.82. The minimum absolute atomic E-state index is 0.306. The van der Waals surface area contributed by atoms with Gasteiger partial charge in [0, 0.05) is 0 Å². The van der Waals surface area contributed by atoms with Crippen molar-refractivity contribution < 1.29 is 31.5 Å². The summed E-state index contributed by atoms with van der Waals surface area (Å²) in [5.74, 6) is 1.22. The number of allylic oxidation sites excluding steroid dienone is 4. The standard InChI is InChI=1S/C8H12O7P2/c1-5-6(2)12-16(9,11-5)15-17(10)13-7(3)8(4)14-17/h1-4H3. The maximum absolute atomic E-state index is 11.9. The Bertz CT molecular complexity index is 436. The van der Waals surface area contributed by atoms with Crippen LogP contribution in [0, 0.1) is 0 Å². The highest BCUT2D eigenvalue weighted by atomic mass is 31.3. The normalized spacial score (nSPS) is 25.2. The molecule has 17 heavy (non-hydrogen) atoms. The first-order valence-corrected chi connectivity index (χ1v) is 7.70. The van der Waals surface area contributed by atoms with Crippen molar-refractivity contribution in [1.29, 1.82) is 0 Å². The molecule has 0 amide bonds. The van der Waals surface area contributed by atoms with Crippen molar-refractivity contribution in [3.8, 4) is 0 Å². The molecule has 0 saturated heterocycles. The molecule has 0 aromatic carbocycles. The molecular weight excluding hydrogens is 270 g/mol. The van der Waals surface area contributed by atoms with Gasteiger partial charge in [0.15, 0.2) is 0 Å². The third-order valence-electron chi connectivity index (χ3n) is 2.19. The highest BCUT2D eigenvalue weighted by Crippen LogP contribution is 2.72. The summed E-state index contributed by atoms with van der Waals surface area (Å²) in [6.07, 6.45) is 0. The zero-order valence-corrected chi connectivity index (χ0v) is 11.5. The summed E-state index contributed by atoms with van der Waals surface area (Å²) >= 11 is 0. The molecular formula is C8H12O7P2. The maximum atomic E-state index is 11.9. The van der Waals surface area contributed by atoms with Gasteiger partial charge in [-0.2, -0.15) is 0 Å². The van der Waals surface area contributed by atoms with Crippen LogP contribution in [0.25, 0.3) is 0 Å². The van der Waals surface area contributed by atoms with E-state index in [-0.39, 0.29) is 0 Å². The Morgan fingerprint density at radius 1 is 0.706 bits per heavy atom. The first-order chi connectivity index (χ1) is 7.73. The largest absolute Gasteiger partial charge is 0.597 e. The van der Waals surface area contributed by atoms with Gasteiger partial charge < -0.3 is 18.1 Å². The Morgan fingerprint density at radius 3 is 1.18 bits per heavy atom. The average molecular weight is 282 g/mol. The van der Waals surface area contributed by atoms with Crippen LogP contribution in [0.3, 0.4) is 0 Å². The predicted molar refractivity (Wildman–Crippen MR) is 57.4 cm³/mol. The van der Waals surface area contributed by atoms with Crippen molar-refractivity contribution in [2.45, 2.75) is 27.7 Å². The van der Waals surface area contributed by atoms with Crippen molar-refractivity contribution in [3.05, 3.63) is 23.0 Å². The summed E-state index contributed by atoms with van der Waals surface area (Å²) in [6, 6.07) is 0. The molecule has 0 bridgehead atoms. The molecule has 2 aliphatic heterocycles. The summed E-state index contributed by atoms with van der Waals surface area (Å²) in [5.41, 5.74) is 0. The van der Waals surface area contributed by atoms with Gasteiger partial charge in [-0.05, 0) is 27.7 Å². The van der Waals surface area contributed by atoms with Gasteiger partial charge in [0.05, 0.1) is 0 Å². The van der Waals surface area contributed by atoms with E-state index in [0.717, 1.165) is 0 Å². The Balaban J connectivity index is 2.10. The van der Waals surface area contributed by atoms with Crippen LogP contribution in [0.4, 0.5) is 0 Å². The lowest BCUT2D eigenvalue weighted by molar-refractivity contribution is 0.215. The van der Waals surface area contributed by atoms with Crippen LogP contribution in [0.15, 0.2) is 23.0 Å². The zero-order valence-electron chi connectivity index (χ0n) is 9.75. The van der Waals surface area contributed by atoms with Crippen molar-refractivity contribution in [1.82, 2.24) is 0 Å². The molecule has 0 spiro atoms. The van der Waals surface area contributed by atoms with Gasteiger partial charge in [0.2, 0.25) is 0 Å². The molecule has 0 N–H and O–H groups in total. The molecule has 2 aliphatic rings. The molecule has 0 atom stereocenters. The lowest BCUT2D eigenvalue weighted by atomic mass is 10.5. The summed E-state index contributed by atoms with van der Waals surface area (Å²) in [6.45, 7) is 6.22. The van der Waals surface area contributed by atoms with E-state index in [1.54, 1.807) is 27.7 Å². The van der Waals surface area contributed by atoms with E-state index in [2.05, 4.69) is 0 Å². The Morgan fingerprint density at radius 2 is 0.941 bits per heavy atom. The second-order valence-corrected chi connectivity index (χ2v) is 6.74. The van der Waals surface area contributed by atoms with Gasteiger partial charge in [-0.1, -0.05) is 0 Å². The maximum Gasteiger partial charge on any atom is 0.597 e. The summed E-state index contributed by atoms with van der Waals surface area (Å²) < 4.78 is 48.3. The zero-order chi connectivity index (χ0) is 12.8. The van der Waals surface area contributed by atoms with E-state index in [0.29, 0.717) is 23.0 Å². The Hall–Kier alpha value is -0.900. The molecule has 96 valence electrons. The first-order valence-electron chi connectivity index (χ1n) is 4.78. The number of rotatable bonds is 2. The molecule has 2 rings (SSSR count). The minimum atomic E-state index is -3.96. The fourth-order valence-corrected chi connectivity index (χ4v) is 4.60. The first kappa shape index (κ1) is 12.6. The van der Waals surface area contributed by atoms with E-state index in [1.807, 2.05) is 0 Å². The molecule has 2 heterocycles. The van der Waals surface area contributed by atoms with Crippen LogP contribution in [0.2, 0.25) is 0 Å². The molecule has 0 aromatic rings. The van der Waals surface area contributed by atoms with Crippen LogP contribution in [0.1, 0.15) is 27.7 Å². The second-order valence-electron chi connectivity index (χ2n) is 3.57. The average Bonchev–Trinajstić information content (AvgIpc) is 2.51. The van der Waals surface area contributed by atoms with Gasteiger partial charge in [-0.15, -0.1) is 4.31 Å². The van der Waals surface area contributed by atoms with Crippen molar-refractivity contribution >= 4 is 15.6 Å². The van der Waals surface area contributed by atoms with E-state index in [1.165, 1.54) is 0 Å². The number of phosphoric acid groups is 2. The fraction of sp³-hybridized carbons (Fsp3) is 0.500. The smallest absolute Gasteiger partial charge is 0.396 e. The topological polar surface area (TPSA) is 80.3 Å². The molecule has 0 aromatic heterocycles. The quantitative estimate of drug-likeness (QED) is 0.712. The number of phosphoric ester groups is 2. The molecule has 0 saturated carbocycles. The van der Waals surface area contributed by atoms with Gasteiger partial charge in [0.25, 0.3) is 0 Å². The van der Waals surface area contributed by atoms with Crippen LogP contribution in [0.5, 0.6) is 0 Å².